The minimum atomic E-state index is -0.462. The molecular formula is C17H25FN2O2. The minimum absolute atomic E-state index is 0.0902. The zero-order valence-electron chi connectivity index (χ0n) is 13.8. The van der Waals surface area contributed by atoms with E-state index in [-0.39, 0.29) is 17.2 Å². The second-order valence-electron chi connectivity index (χ2n) is 6.83. The molecule has 0 aromatic heterocycles. The average molecular weight is 308 g/mol. The maximum atomic E-state index is 13.4. The maximum absolute atomic E-state index is 13.4. The molecule has 0 radical (unpaired) electrons. The Morgan fingerprint density at radius 2 is 2.18 bits per heavy atom. The summed E-state index contributed by atoms with van der Waals surface area (Å²) in [5.41, 5.74) is 0.590. The predicted octanol–water partition coefficient (Wildman–Crippen LogP) is 2.68. The van der Waals surface area contributed by atoms with Gasteiger partial charge in [0, 0.05) is 24.2 Å². The second-order valence-corrected chi connectivity index (χ2v) is 6.83. The summed E-state index contributed by atoms with van der Waals surface area (Å²) in [5.74, 6) is -0.0962. The van der Waals surface area contributed by atoms with Gasteiger partial charge in [0.1, 0.15) is 0 Å². The number of benzene rings is 1. The largest absolute Gasteiger partial charge is 0.494 e. The van der Waals surface area contributed by atoms with Crippen molar-refractivity contribution in [3.8, 4) is 5.75 Å². The van der Waals surface area contributed by atoms with Crippen LogP contribution in [0.2, 0.25) is 0 Å². The Morgan fingerprint density at radius 1 is 1.45 bits per heavy atom. The third-order valence-electron chi connectivity index (χ3n) is 4.20. The fourth-order valence-electron chi connectivity index (χ4n) is 2.75. The van der Waals surface area contributed by atoms with Crippen LogP contribution in [0.15, 0.2) is 18.2 Å². The summed E-state index contributed by atoms with van der Waals surface area (Å²) in [6, 6.07) is 4.16. The third kappa shape index (κ3) is 3.97. The van der Waals surface area contributed by atoms with Crippen molar-refractivity contribution < 1.29 is 13.9 Å². The minimum Gasteiger partial charge on any atom is -0.494 e. The van der Waals surface area contributed by atoms with Crippen molar-refractivity contribution in [3.63, 3.8) is 0 Å². The number of halogens is 1. The van der Waals surface area contributed by atoms with E-state index in [1.165, 1.54) is 25.3 Å². The van der Waals surface area contributed by atoms with Gasteiger partial charge in [-0.05, 0) is 57.9 Å². The number of likely N-dealkylation sites (tertiary alicyclic amines) is 1. The van der Waals surface area contributed by atoms with Gasteiger partial charge in [-0.3, -0.25) is 9.69 Å². The third-order valence-corrected chi connectivity index (χ3v) is 4.20. The quantitative estimate of drug-likeness (QED) is 0.930. The lowest BCUT2D eigenvalue weighted by atomic mass is 10.1. The topological polar surface area (TPSA) is 41.6 Å². The van der Waals surface area contributed by atoms with Gasteiger partial charge in [0.25, 0.3) is 5.91 Å². The van der Waals surface area contributed by atoms with Gasteiger partial charge < -0.3 is 10.1 Å². The average Bonchev–Trinajstić information content (AvgIpc) is 2.94. The summed E-state index contributed by atoms with van der Waals surface area (Å²) in [4.78, 5) is 14.6. The second kappa shape index (κ2) is 6.65. The van der Waals surface area contributed by atoms with Crippen molar-refractivity contribution in [3.05, 3.63) is 29.6 Å². The van der Waals surface area contributed by atoms with E-state index < -0.39 is 5.82 Å². The lowest BCUT2D eigenvalue weighted by molar-refractivity contribution is 0.0945. The molecule has 1 heterocycles. The van der Waals surface area contributed by atoms with Crippen molar-refractivity contribution in [2.45, 2.75) is 32.7 Å². The highest BCUT2D eigenvalue weighted by Gasteiger charge is 2.30. The van der Waals surface area contributed by atoms with E-state index in [4.69, 9.17) is 4.74 Å². The fraction of sp³-hybridized carbons (Fsp3) is 0.588. The van der Waals surface area contributed by atoms with E-state index in [1.54, 1.807) is 0 Å². The molecule has 2 rings (SSSR count). The highest BCUT2D eigenvalue weighted by Crippen LogP contribution is 2.24. The molecule has 1 aliphatic rings. The molecule has 1 aliphatic heterocycles. The lowest BCUT2D eigenvalue weighted by Crippen LogP contribution is -2.40. The molecule has 5 heteroatoms. The van der Waals surface area contributed by atoms with E-state index in [0.29, 0.717) is 18.0 Å². The first-order chi connectivity index (χ1) is 10.3. The number of carbonyl (C=O) groups excluding carboxylic acids is 1. The molecule has 1 amide bonds. The van der Waals surface area contributed by atoms with E-state index in [9.17, 15) is 9.18 Å². The Balaban J connectivity index is 1.89. The Bertz CT molecular complexity index is 540. The number of nitrogens with zero attached hydrogens (tertiary/aromatic N) is 1. The number of hydrogen-bond acceptors (Lipinski definition) is 3. The Morgan fingerprint density at radius 3 is 2.77 bits per heavy atom. The molecule has 1 aromatic carbocycles. The van der Waals surface area contributed by atoms with Gasteiger partial charge in [-0.2, -0.15) is 0 Å². The molecular weight excluding hydrogens is 283 g/mol. The van der Waals surface area contributed by atoms with Gasteiger partial charge in [0.15, 0.2) is 11.6 Å². The van der Waals surface area contributed by atoms with Gasteiger partial charge in [-0.15, -0.1) is 0 Å². The summed E-state index contributed by atoms with van der Waals surface area (Å²) in [6.45, 7) is 9.33. The molecule has 1 saturated heterocycles. The number of ether oxygens (including phenoxy) is 1. The van der Waals surface area contributed by atoms with Crippen LogP contribution in [-0.2, 0) is 0 Å². The number of methoxy groups -OCH3 is 1. The smallest absolute Gasteiger partial charge is 0.251 e. The molecule has 122 valence electrons. The molecule has 0 bridgehead atoms. The molecule has 1 N–H and O–H groups in total. The van der Waals surface area contributed by atoms with Gasteiger partial charge in [0.05, 0.1) is 7.11 Å². The summed E-state index contributed by atoms with van der Waals surface area (Å²) in [6.07, 6.45) is 1.09. The fourth-order valence-corrected chi connectivity index (χ4v) is 2.75. The number of hydrogen-bond donors (Lipinski definition) is 1. The standard InChI is InChI=1S/C17H25FN2O2/c1-17(2,3)20-8-7-12(11-20)10-19-16(21)13-5-6-14(18)15(9-13)22-4/h5-6,9,12H,7-8,10-11H2,1-4H3,(H,19,21)/t12-/m0/s1. The monoisotopic (exact) mass is 308 g/mol. The van der Waals surface area contributed by atoms with E-state index in [2.05, 4.69) is 31.0 Å². The summed E-state index contributed by atoms with van der Waals surface area (Å²) in [7, 11) is 1.39. The van der Waals surface area contributed by atoms with Crippen molar-refractivity contribution >= 4 is 5.91 Å². The molecule has 1 atom stereocenters. The molecule has 0 unspecified atom stereocenters. The molecule has 0 saturated carbocycles. The normalized spacial score (nSPS) is 19.2. The lowest BCUT2D eigenvalue weighted by Gasteiger charge is -2.31. The van der Waals surface area contributed by atoms with Crippen molar-refractivity contribution in [2.75, 3.05) is 26.7 Å². The molecule has 4 nitrogen and oxygen atoms in total. The molecule has 1 fully saturated rings. The maximum Gasteiger partial charge on any atom is 0.251 e. The number of rotatable bonds is 4. The number of nitrogens with one attached hydrogen (secondary N) is 1. The SMILES string of the molecule is COc1cc(C(=O)NC[C@@H]2CCN(C(C)(C)C)C2)ccc1F. The number of amides is 1. The molecule has 1 aromatic rings. The Kier molecular flexibility index (Phi) is 5.06. The van der Waals surface area contributed by atoms with E-state index in [0.717, 1.165) is 19.5 Å². The Hall–Kier alpha value is -1.62. The van der Waals surface area contributed by atoms with Gasteiger partial charge in [-0.1, -0.05) is 0 Å². The molecule has 0 spiro atoms. The first kappa shape index (κ1) is 16.7. The van der Waals surface area contributed by atoms with Crippen LogP contribution in [0, 0.1) is 11.7 Å². The van der Waals surface area contributed by atoms with Gasteiger partial charge in [0.2, 0.25) is 0 Å². The van der Waals surface area contributed by atoms with Crippen LogP contribution < -0.4 is 10.1 Å². The zero-order chi connectivity index (χ0) is 16.3. The zero-order valence-corrected chi connectivity index (χ0v) is 13.8. The van der Waals surface area contributed by atoms with Gasteiger partial charge in [-0.25, -0.2) is 4.39 Å². The van der Waals surface area contributed by atoms with Crippen LogP contribution in [-0.4, -0.2) is 43.1 Å². The highest BCUT2D eigenvalue weighted by molar-refractivity contribution is 5.94. The van der Waals surface area contributed by atoms with E-state index >= 15 is 0 Å². The van der Waals surface area contributed by atoms with Crippen LogP contribution in [0.4, 0.5) is 4.39 Å². The van der Waals surface area contributed by atoms with Crippen molar-refractivity contribution in [1.82, 2.24) is 10.2 Å². The van der Waals surface area contributed by atoms with Crippen LogP contribution in [0.1, 0.15) is 37.6 Å². The van der Waals surface area contributed by atoms with Crippen LogP contribution in [0.5, 0.6) is 5.75 Å². The van der Waals surface area contributed by atoms with Crippen molar-refractivity contribution in [1.29, 1.82) is 0 Å². The van der Waals surface area contributed by atoms with Crippen molar-refractivity contribution in [2.24, 2.45) is 5.92 Å². The first-order valence-corrected chi connectivity index (χ1v) is 7.68. The van der Waals surface area contributed by atoms with Crippen LogP contribution in [0.25, 0.3) is 0 Å². The summed E-state index contributed by atoms with van der Waals surface area (Å²) in [5, 5.41) is 2.94. The molecule has 22 heavy (non-hydrogen) atoms. The molecule has 0 aliphatic carbocycles. The van der Waals surface area contributed by atoms with Crippen LogP contribution in [0.3, 0.4) is 0 Å². The van der Waals surface area contributed by atoms with Gasteiger partial charge >= 0.3 is 0 Å². The summed E-state index contributed by atoms with van der Waals surface area (Å²) < 4.78 is 18.3. The number of carbonyl (C=O) groups is 1. The predicted molar refractivity (Wildman–Crippen MR) is 84.7 cm³/mol. The Labute approximate surface area is 131 Å². The first-order valence-electron chi connectivity index (χ1n) is 7.68. The highest BCUT2D eigenvalue weighted by atomic mass is 19.1. The van der Waals surface area contributed by atoms with E-state index in [1.807, 2.05) is 0 Å². The van der Waals surface area contributed by atoms with Crippen LogP contribution >= 0.6 is 0 Å². The summed E-state index contributed by atoms with van der Waals surface area (Å²) >= 11 is 0.